The number of anilines is 1. The standard InChI is InChI=1S/C37H43N3O6S/c1-5-7-25-38-37(42)35(6-2)39(26-29-15-19-31(45-4)20-16-29)36(41)27-40(47(43,44)34-23-13-28(3)14-24-34)30-17-21-33(22-18-30)46-32-11-9-8-10-12-32/h8-24,35H,5-7,25-27H2,1-4H3,(H,38,42)/t35-/m0/s1. The van der Waals surface area contributed by atoms with Crippen LogP contribution in [0.1, 0.15) is 44.2 Å². The molecule has 4 aromatic carbocycles. The average molecular weight is 658 g/mol. The predicted octanol–water partition coefficient (Wildman–Crippen LogP) is 6.71. The number of methoxy groups -OCH3 is 1. The molecule has 4 rings (SSSR count). The second-order valence-electron chi connectivity index (χ2n) is 11.2. The smallest absolute Gasteiger partial charge is 0.264 e. The number of aryl methyl sites for hydroxylation is 1. The summed E-state index contributed by atoms with van der Waals surface area (Å²) in [6.45, 7) is 5.81. The molecule has 1 atom stereocenters. The van der Waals surface area contributed by atoms with Gasteiger partial charge in [0, 0.05) is 13.1 Å². The zero-order chi connectivity index (χ0) is 33.8. The molecule has 248 valence electrons. The molecule has 0 bridgehead atoms. The van der Waals surface area contributed by atoms with Crippen LogP contribution in [0.2, 0.25) is 0 Å². The maximum absolute atomic E-state index is 14.3. The Hall–Kier alpha value is -4.83. The van der Waals surface area contributed by atoms with E-state index in [4.69, 9.17) is 9.47 Å². The number of nitrogens with zero attached hydrogens (tertiary/aromatic N) is 2. The topological polar surface area (TPSA) is 105 Å². The van der Waals surface area contributed by atoms with Crippen molar-refractivity contribution in [1.82, 2.24) is 10.2 Å². The van der Waals surface area contributed by atoms with Gasteiger partial charge in [-0.1, -0.05) is 68.3 Å². The number of para-hydroxylation sites is 1. The van der Waals surface area contributed by atoms with E-state index < -0.39 is 28.5 Å². The number of unbranched alkanes of at least 4 members (excludes halogenated alkanes) is 1. The van der Waals surface area contributed by atoms with Gasteiger partial charge in [0.1, 0.15) is 29.8 Å². The van der Waals surface area contributed by atoms with E-state index in [1.807, 2.05) is 63.2 Å². The molecule has 2 amide bonds. The number of ether oxygens (including phenoxy) is 2. The van der Waals surface area contributed by atoms with Gasteiger partial charge >= 0.3 is 0 Å². The number of carbonyl (C=O) groups excluding carboxylic acids is 2. The van der Waals surface area contributed by atoms with Crippen LogP contribution < -0.4 is 19.1 Å². The highest BCUT2D eigenvalue weighted by Crippen LogP contribution is 2.29. The highest BCUT2D eigenvalue weighted by atomic mass is 32.2. The van der Waals surface area contributed by atoms with Gasteiger partial charge in [-0.2, -0.15) is 0 Å². The fourth-order valence-electron chi connectivity index (χ4n) is 5.02. The number of benzene rings is 4. The minimum atomic E-state index is -4.20. The van der Waals surface area contributed by atoms with E-state index in [0.29, 0.717) is 30.2 Å². The van der Waals surface area contributed by atoms with Gasteiger partial charge in [0.05, 0.1) is 17.7 Å². The maximum Gasteiger partial charge on any atom is 0.264 e. The minimum Gasteiger partial charge on any atom is -0.497 e. The Labute approximate surface area is 278 Å². The number of amides is 2. The van der Waals surface area contributed by atoms with Crippen molar-refractivity contribution in [1.29, 1.82) is 0 Å². The Kier molecular flexibility index (Phi) is 12.4. The first kappa shape index (κ1) is 35.0. The SMILES string of the molecule is CCCCNC(=O)[C@H](CC)N(Cc1ccc(OC)cc1)C(=O)CN(c1ccc(Oc2ccccc2)cc1)S(=O)(=O)c1ccc(C)cc1. The molecule has 47 heavy (non-hydrogen) atoms. The monoisotopic (exact) mass is 657 g/mol. The maximum atomic E-state index is 14.3. The molecule has 0 saturated carbocycles. The Morgan fingerprint density at radius 2 is 1.43 bits per heavy atom. The van der Waals surface area contributed by atoms with Gasteiger partial charge in [0.15, 0.2) is 0 Å². The van der Waals surface area contributed by atoms with Crippen LogP contribution in [0.3, 0.4) is 0 Å². The summed E-state index contributed by atoms with van der Waals surface area (Å²) >= 11 is 0. The molecule has 0 spiro atoms. The highest BCUT2D eigenvalue weighted by molar-refractivity contribution is 7.92. The summed E-state index contributed by atoms with van der Waals surface area (Å²) in [6, 6.07) is 28.7. The lowest BCUT2D eigenvalue weighted by Crippen LogP contribution is -2.52. The van der Waals surface area contributed by atoms with Crippen molar-refractivity contribution in [3.8, 4) is 17.2 Å². The molecule has 0 aliphatic heterocycles. The number of hydrogen-bond donors (Lipinski definition) is 1. The van der Waals surface area contributed by atoms with E-state index in [-0.39, 0.29) is 23.0 Å². The molecule has 0 aliphatic rings. The molecule has 10 heteroatoms. The largest absolute Gasteiger partial charge is 0.497 e. The molecule has 1 N–H and O–H groups in total. The average Bonchev–Trinajstić information content (AvgIpc) is 3.08. The molecule has 0 saturated heterocycles. The molecule has 0 radical (unpaired) electrons. The number of rotatable bonds is 16. The third kappa shape index (κ3) is 9.36. The van der Waals surface area contributed by atoms with Gasteiger partial charge in [0.25, 0.3) is 10.0 Å². The van der Waals surface area contributed by atoms with Gasteiger partial charge in [-0.05, 0) is 86.0 Å². The van der Waals surface area contributed by atoms with Crippen LogP contribution in [0.15, 0.2) is 108 Å². The van der Waals surface area contributed by atoms with E-state index >= 15 is 0 Å². The van der Waals surface area contributed by atoms with Gasteiger partial charge in [-0.3, -0.25) is 13.9 Å². The number of carbonyl (C=O) groups is 2. The lowest BCUT2D eigenvalue weighted by atomic mass is 10.1. The van der Waals surface area contributed by atoms with E-state index in [1.165, 1.54) is 17.0 Å². The highest BCUT2D eigenvalue weighted by Gasteiger charge is 2.33. The number of sulfonamides is 1. The van der Waals surface area contributed by atoms with Crippen molar-refractivity contribution < 1.29 is 27.5 Å². The molecule has 0 heterocycles. The zero-order valence-electron chi connectivity index (χ0n) is 27.4. The zero-order valence-corrected chi connectivity index (χ0v) is 28.2. The van der Waals surface area contributed by atoms with Crippen LogP contribution in [0.5, 0.6) is 17.2 Å². The summed E-state index contributed by atoms with van der Waals surface area (Å²) in [5.41, 5.74) is 1.96. The molecule has 0 unspecified atom stereocenters. The Bertz CT molecular complexity index is 1690. The molecule has 0 aliphatic carbocycles. The normalized spacial score (nSPS) is 11.7. The summed E-state index contributed by atoms with van der Waals surface area (Å²) in [5.74, 6) is 1.01. The molecular weight excluding hydrogens is 614 g/mol. The van der Waals surface area contributed by atoms with Crippen molar-refractivity contribution in [3.05, 3.63) is 114 Å². The first-order valence-electron chi connectivity index (χ1n) is 15.8. The Morgan fingerprint density at radius 3 is 2.02 bits per heavy atom. The first-order chi connectivity index (χ1) is 22.7. The van der Waals surface area contributed by atoms with Crippen molar-refractivity contribution in [3.63, 3.8) is 0 Å². The number of nitrogens with one attached hydrogen (secondary N) is 1. The third-order valence-electron chi connectivity index (χ3n) is 7.72. The van der Waals surface area contributed by atoms with Crippen molar-refractivity contribution in [2.24, 2.45) is 0 Å². The van der Waals surface area contributed by atoms with Crippen LogP contribution in [0, 0.1) is 6.92 Å². The molecular formula is C37H43N3O6S. The predicted molar refractivity (Wildman–Crippen MR) is 184 cm³/mol. The van der Waals surface area contributed by atoms with Gasteiger partial charge in [-0.15, -0.1) is 0 Å². The van der Waals surface area contributed by atoms with Gasteiger partial charge < -0.3 is 19.7 Å². The molecule has 0 fully saturated rings. The summed E-state index contributed by atoms with van der Waals surface area (Å²) in [7, 11) is -2.62. The molecule has 9 nitrogen and oxygen atoms in total. The van der Waals surface area contributed by atoms with Crippen LogP contribution in [0.25, 0.3) is 0 Å². The Balaban J connectivity index is 1.71. The molecule has 0 aromatic heterocycles. The van der Waals surface area contributed by atoms with Crippen LogP contribution in [0.4, 0.5) is 5.69 Å². The fourth-order valence-corrected chi connectivity index (χ4v) is 6.44. The Morgan fingerprint density at radius 1 is 0.809 bits per heavy atom. The van der Waals surface area contributed by atoms with Crippen LogP contribution >= 0.6 is 0 Å². The van der Waals surface area contributed by atoms with Gasteiger partial charge in [0.2, 0.25) is 11.8 Å². The lowest BCUT2D eigenvalue weighted by Gasteiger charge is -2.33. The van der Waals surface area contributed by atoms with Crippen molar-refractivity contribution in [2.45, 2.75) is 57.5 Å². The third-order valence-corrected chi connectivity index (χ3v) is 9.51. The van der Waals surface area contributed by atoms with E-state index in [9.17, 15) is 18.0 Å². The first-order valence-corrected chi connectivity index (χ1v) is 17.2. The van der Waals surface area contributed by atoms with Crippen molar-refractivity contribution >= 4 is 27.5 Å². The summed E-state index contributed by atoms with van der Waals surface area (Å²) in [5, 5.41) is 2.95. The van der Waals surface area contributed by atoms with Crippen LogP contribution in [-0.2, 0) is 26.2 Å². The quantitative estimate of drug-likeness (QED) is 0.134. The van der Waals surface area contributed by atoms with E-state index in [0.717, 1.165) is 28.3 Å². The van der Waals surface area contributed by atoms with Gasteiger partial charge in [-0.25, -0.2) is 8.42 Å². The minimum absolute atomic E-state index is 0.0477. The summed E-state index contributed by atoms with van der Waals surface area (Å²) < 4.78 is 40.7. The lowest BCUT2D eigenvalue weighted by molar-refractivity contribution is -0.140. The van der Waals surface area contributed by atoms with Crippen LogP contribution in [-0.4, -0.2) is 51.4 Å². The summed E-state index contributed by atoms with van der Waals surface area (Å²) in [6.07, 6.45) is 2.06. The van der Waals surface area contributed by atoms with E-state index in [2.05, 4.69) is 5.32 Å². The number of hydrogen-bond acceptors (Lipinski definition) is 6. The molecule has 4 aromatic rings. The van der Waals surface area contributed by atoms with Crippen molar-refractivity contribution in [2.75, 3.05) is 24.5 Å². The summed E-state index contributed by atoms with van der Waals surface area (Å²) in [4.78, 5) is 29.2. The second kappa shape index (κ2) is 16.6. The second-order valence-corrected chi connectivity index (χ2v) is 13.0. The van der Waals surface area contributed by atoms with E-state index in [1.54, 1.807) is 55.6 Å². The fraction of sp³-hybridized carbons (Fsp3) is 0.297.